The van der Waals surface area contributed by atoms with Crippen LogP contribution >= 0.6 is 11.3 Å². The highest BCUT2D eigenvalue weighted by atomic mass is 32.1. The molecule has 1 N–H and O–H groups in total. The molecular weight excluding hydrogens is 266 g/mol. The Balaban J connectivity index is 1.83. The number of nitrogens with one attached hydrogen (secondary N) is 1. The van der Waals surface area contributed by atoms with Crippen LogP contribution in [0, 0.1) is 0 Å². The molecule has 0 saturated carbocycles. The van der Waals surface area contributed by atoms with Gasteiger partial charge in [0.1, 0.15) is 5.51 Å². The van der Waals surface area contributed by atoms with Gasteiger partial charge in [0.15, 0.2) is 0 Å². The molecule has 1 aromatic heterocycles. The van der Waals surface area contributed by atoms with Crippen LogP contribution in [-0.4, -0.2) is 10.2 Å². The molecule has 3 rings (SSSR count). The summed E-state index contributed by atoms with van der Waals surface area (Å²) in [4.78, 5) is 0. The molecule has 3 nitrogen and oxygen atoms in total. The van der Waals surface area contributed by atoms with Crippen LogP contribution < -0.4 is 5.32 Å². The van der Waals surface area contributed by atoms with Crippen molar-refractivity contribution in [1.82, 2.24) is 10.2 Å². The smallest absolute Gasteiger partial charge is 0.205 e. The van der Waals surface area contributed by atoms with Gasteiger partial charge in [-0.05, 0) is 17.5 Å². The van der Waals surface area contributed by atoms with Crippen LogP contribution in [0.1, 0.15) is 17.2 Å². The number of rotatable bonds is 5. The topological polar surface area (TPSA) is 37.8 Å². The number of nitrogens with zero attached hydrogens (tertiary/aromatic N) is 2. The zero-order valence-corrected chi connectivity index (χ0v) is 11.8. The van der Waals surface area contributed by atoms with Crippen LogP contribution in [0.5, 0.6) is 0 Å². The fourth-order valence-electron chi connectivity index (χ4n) is 2.17. The van der Waals surface area contributed by atoms with Crippen molar-refractivity contribution in [1.29, 1.82) is 0 Å². The molecule has 100 valence electrons. The highest BCUT2D eigenvalue weighted by Crippen LogP contribution is 2.24. The minimum Gasteiger partial charge on any atom is -0.353 e. The van der Waals surface area contributed by atoms with E-state index in [9.17, 15) is 0 Å². The largest absolute Gasteiger partial charge is 0.353 e. The Kier molecular flexibility index (Phi) is 4.04. The second-order valence-corrected chi connectivity index (χ2v) is 5.37. The van der Waals surface area contributed by atoms with Crippen LogP contribution in [-0.2, 0) is 6.42 Å². The van der Waals surface area contributed by atoms with Gasteiger partial charge in [0.05, 0.1) is 6.04 Å². The molecular formula is C16H15N3S. The van der Waals surface area contributed by atoms with Gasteiger partial charge in [0, 0.05) is 0 Å². The molecule has 0 bridgehead atoms. The highest BCUT2D eigenvalue weighted by Gasteiger charge is 2.13. The Labute approximate surface area is 122 Å². The molecule has 1 heterocycles. The monoisotopic (exact) mass is 281 g/mol. The Bertz CT molecular complexity index is 623. The average molecular weight is 281 g/mol. The number of hydrogen-bond donors (Lipinski definition) is 1. The lowest BCUT2D eigenvalue weighted by Crippen LogP contribution is -2.13. The summed E-state index contributed by atoms with van der Waals surface area (Å²) in [5.74, 6) is 0. The molecule has 0 saturated heterocycles. The Hall–Kier alpha value is -2.20. The van der Waals surface area contributed by atoms with Crippen molar-refractivity contribution in [2.24, 2.45) is 0 Å². The van der Waals surface area contributed by atoms with Crippen molar-refractivity contribution in [2.45, 2.75) is 12.5 Å². The van der Waals surface area contributed by atoms with Gasteiger partial charge in [0.25, 0.3) is 0 Å². The molecule has 20 heavy (non-hydrogen) atoms. The summed E-state index contributed by atoms with van der Waals surface area (Å²) in [7, 11) is 0. The number of benzene rings is 2. The van der Waals surface area contributed by atoms with Gasteiger partial charge in [-0.1, -0.05) is 72.0 Å². The summed E-state index contributed by atoms with van der Waals surface area (Å²) in [6, 6.07) is 21.1. The minimum atomic E-state index is 0.201. The van der Waals surface area contributed by atoms with E-state index in [0.29, 0.717) is 0 Å². The molecule has 0 aliphatic carbocycles. The van der Waals surface area contributed by atoms with Crippen molar-refractivity contribution in [3.05, 3.63) is 77.3 Å². The maximum absolute atomic E-state index is 4.08. The van der Waals surface area contributed by atoms with Crippen molar-refractivity contribution >= 4 is 16.5 Å². The first kappa shape index (κ1) is 12.8. The van der Waals surface area contributed by atoms with Crippen molar-refractivity contribution < 1.29 is 0 Å². The first-order valence-corrected chi connectivity index (χ1v) is 7.41. The number of aromatic nitrogens is 2. The molecule has 1 unspecified atom stereocenters. The van der Waals surface area contributed by atoms with Gasteiger partial charge >= 0.3 is 0 Å². The summed E-state index contributed by atoms with van der Waals surface area (Å²) in [6.45, 7) is 0. The van der Waals surface area contributed by atoms with E-state index < -0.39 is 0 Å². The van der Waals surface area contributed by atoms with Crippen LogP contribution in [0.15, 0.2) is 66.2 Å². The lowest BCUT2D eigenvalue weighted by atomic mass is 9.99. The third-order valence-corrected chi connectivity index (χ3v) is 3.76. The molecule has 2 aromatic carbocycles. The van der Waals surface area contributed by atoms with E-state index in [4.69, 9.17) is 0 Å². The fraction of sp³-hybridized carbons (Fsp3) is 0.125. The highest BCUT2D eigenvalue weighted by molar-refractivity contribution is 7.13. The molecule has 4 heteroatoms. The zero-order valence-electron chi connectivity index (χ0n) is 10.9. The van der Waals surface area contributed by atoms with Crippen molar-refractivity contribution in [2.75, 3.05) is 5.32 Å². The lowest BCUT2D eigenvalue weighted by Gasteiger charge is -2.18. The second kappa shape index (κ2) is 6.30. The van der Waals surface area contributed by atoms with Crippen LogP contribution in [0.4, 0.5) is 5.13 Å². The Morgan fingerprint density at radius 3 is 2.30 bits per heavy atom. The number of hydrogen-bond acceptors (Lipinski definition) is 4. The number of anilines is 1. The second-order valence-electron chi connectivity index (χ2n) is 4.54. The molecule has 0 amide bonds. The van der Waals surface area contributed by atoms with E-state index in [-0.39, 0.29) is 6.04 Å². The van der Waals surface area contributed by atoms with E-state index in [1.807, 2.05) is 12.1 Å². The van der Waals surface area contributed by atoms with Crippen LogP contribution in [0.2, 0.25) is 0 Å². The maximum atomic E-state index is 4.08. The fourth-order valence-corrected chi connectivity index (χ4v) is 2.67. The van der Waals surface area contributed by atoms with Gasteiger partial charge in [-0.2, -0.15) is 0 Å². The SMILES string of the molecule is c1ccc(CC(Nc2nncs2)c2ccccc2)cc1. The standard InChI is InChI=1S/C16H15N3S/c1-3-7-13(8-4-1)11-15(14-9-5-2-6-10-14)18-16-19-17-12-20-16/h1-10,12,15H,11H2,(H,18,19). The predicted molar refractivity (Wildman–Crippen MR) is 82.9 cm³/mol. The van der Waals surface area contributed by atoms with Crippen molar-refractivity contribution in [3.8, 4) is 0 Å². The van der Waals surface area contributed by atoms with Gasteiger partial charge in [-0.3, -0.25) is 0 Å². The molecule has 0 aliphatic rings. The van der Waals surface area contributed by atoms with Crippen LogP contribution in [0.25, 0.3) is 0 Å². The lowest BCUT2D eigenvalue weighted by molar-refractivity contribution is 0.771. The molecule has 0 spiro atoms. The normalized spacial score (nSPS) is 12.0. The van der Waals surface area contributed by atoms with Crippen molar-refractivity contribution in [3.63, 3.8) is 0 Å². The first-order valence-electron chi connectivity index (χ1n) is 6.53. The molecule has 3 aromatic rings. The van der Waals surface area contributed by atoms with Gasteiger partial charge in [0.2, 0.25) is 5.13 Å². The van der Waals surface area contributed by atoms with E-state index in [1.54, 1.807) is 5.51 Å². The van der Waals surface area contributed by atoms with Gasteiger partial charge in [-0.25, -0.2) is 0 Å². The van der Waals surface area contributed by atoms with Crippen LogP contribution in [0.3, 0.4) is 0 Å². The molecule has 0 fully saturated rings. The van der Waals surface area contributed by atoms with E-state index in [1.165, 1.54) is 22.5 Å². The third-order valence-electron chi connectivity index (χ3n) is 3.14. The quantitative estimate of drug-likeness (QED) is 0.770. The van der Waals surface area contributed by atoms with E-state index in [0.717, 1.165) is 11.6 Å². The van der Waals surface area contributed by atoms with E-state index >= 15 is 0 Å². The zero-order chi connectivity index (χ0) is 13.6. The third kappa shape index (κ3) is 3.22. The predicted octanol–water partition coefficient (Wildman–Crippen LogP) is 3.93. The summed E-state index contributed by atoms with van der Waals surface area (Å²) in [6.07, 6.45) is 0.921. The summed E-state index contributed by atoms with van der Waals surface area (Å²) < 4.78 is 0. The molecule has 1 atom stereocenters. The molecule has 0 aliphatic heterocycles. The summed E-state index contributed by atoms with van der Waals surface area (Å²) in [5, 5.41) is 12.3. The minimum absolute atomic E-state index is 0.201. The Morgan fingerprint density at radius 1 is 0.950 bits per heavy atom. The van der Waals surface area contributed by atoms with Gasteiger partial charge < -0.3 is 5.32 Å². The van der Waals surface area contributed by atoms with E-state index in [2.05, 4.69) is 64.0 Å². The Morgan fingerprint density at radius 2 is 1.65 bits per heavy atom. The molecule has 0 radical (unpaired) electrons. The maximum Gasteiger partial charge on any atom is 0.205 e. The summed E-state index contributed by atoms with van der Waals surface area (Å²) >= 11 is 1.52. The first-order chi connectivity index (χ1) is 9.92. The average Bonchev–Trinajstić information content (AvgIpc) is 3.02. The van der Waals surface area contributed by atoms with Gasteiger partial charge in [-0.15, -0.1) is 10.2 Å². The summed E-state index contributed by atoms with van der Waals surface area (Å²) in [5.41, 5.74) is 4.30.